The van der Waals surface area contributed by atoms with Crippen LogP contribution in [0.15, 0.2) is 78.9 Å². The number of anilines is 1. The van der Waals surface area contributed by atoms with Crippen LogP contribution in [0.25, 0.3) is 0 Å². The number of hydrogen-bond donors (Lipinski definition) is 2. The summed E-state index contributed by atoms with van der Waals surface area (Å²) in [6, 6.07) is 23.4. The Bertz CT molecular complexity index is 1000. The zero-order valence-electron chi connectivity index (χ0n) is 16.9. The molecular formula is C24H24N2O4. The van der Waals surface area contributed by atoms with E-state index in [1.807, 2.05) is 37.3 Å². The molecule has 3 aromatic carbocycles. The Morgan fingerprint density at radius 1 is 0.900 bits per heavy atom. The number of nitrogens with one attached hydrogen (secondary N) is 2. The van der Waals surface area contributed by atoms with E-state index in [4.69, 9.17) is 9.47 Å². The average Bonchev–Trinajstić information content (AvgIpc) is 2.78. The monoisotopic (exact) mass is 404 g/mol. The molecule has 0 aliphatic rings. The maximum absolute atomic E-state index is 12.8. The van der Waals surface area contributed by atoms with Crippen LogP contribution in [0, 0.1) is 0 Å². The number of carbonyl (C=O) groups is 2. The van der Waals surface area contributed by atoms with Crippen LogP contribution < -0.4 is 20.1 Å². The Labute approximate surface area is 175 Å². The van der Waals surface area contributed by atoms with Gasteiger partial charge in [-0.05, 0) is 36.8 Å². The van der Waals surface area contributed by atoms with E-state index in [1.165, 1.54) is 0 Å². The topological polar surface area (TPSA) is 76.7 Å². The van der Waals surface area contributed by atoms with Gasteiger partial charge in [0, 0.05) is 6.07 Å². The molecule has 0 spiro atoms. The fourth-order valence-corrected chi connectivity index (χ4v) is 2.92. The van der Waals surface area contributed by atoms with Crippen LogP contribution >= 0.6 is 0 Å². The van der Waals surface area contributed by atoms with Crippen LogP contribution in [0.1, 0.15) is 28.9 Å². The molecule has 1 atom stereocenters. The van der Waals surface area contributed by atoms with Crippen LogP contribution in [0.4, 0.5) is 5.69 Å². The fourth-order valence-electron chi connectivity index (χ4n) is 2.92. The molecule has 0 radical (unpaired) electrons. The summed E-state index contributed by atoms with van der Waals surface area (Å²) in [6.45, 7) is 1.72. The minimum atomic E-state index is -0.367. The van der Waals surface area contributed by atoms with Crippen LogP contribution in [-0.4, -0.2) is 25.5 Å². The summed E-state index contributed by atoms with van der Waals surface area (Å²) in [5, 5.41) is 5.71. The zero-order chi connectivity index (χ0) is 21.3. The highest BCUT2D eigenvalue weighted by Crippen LogP contribution is 2.20. The van der Waals surface area contributed by atoms with Crippen molar-refractivity contribution in [3.8, 4) is 11.5 Å². The quantitative estimate of drug-likeness (QED) is 0.590. The highest BCUT2D eigenvalue weighted by molar-refractivity contribution is 6.04. The Morgan fingerprint density at radius 2 is 1.60 bits per heavy atom. The van der Waals surface area contributed by atoms with Gasteiger partial charge in [0.05, 0.1) is 24.4 Å². The van der Waals surface area contributed by atoms with Crippen molar-refractivity contribution in [2.24, 2.45) is 0 Å². The molecule has 0 aliphatic heterocycles. The van der Waals surface area contributed by atoms with Crippen molar-refractivity contribution in [2.75, 3.05) is 19.0 Å². The third kappa shape index (κ3) is 5.61. The second-order valence-electron chi connectivity index (χ2n) is 6.67. The lowest BCUT2D eigenvalue weighted by Gasteiger charge is -2.16. The summed E-state index contributed by atoms with van der Waals surface area (Å²) < 4.78 is 10.7. The molecule has 2 amide bonds. The fraction of sp³-hybridized carbons (Fsp3) is 0.167. The lowest BCUT2D eigenvalue weighted by Crippen LogP contribution is -2.28. The zero-order valence-corrected chi connectivity index (χ0v) is 16.9. The molecule has 0 saturated heterocycles. The van der Waals surface area contributed by atoms with E-state index in [-0.39, 0.29) is 24.5 Å². The molecule has 6 heteroatoms. The second-order valence-corrected chi connectivity index (χ2v) is 6.67. The van der Waals surface area contributed by atoms with Crippen LogP contribution in [0.5, 0.6) is 11.5 Å². The number of rotatable bonds is 8. The standard InChI is InChI=1S/C24H24N2O4/c1-17(18-9-4-3-5-10-18)25-24(28)21-13-6-7-14-22(21)26-23(27)16-30-20-12-8-11-19(15-20)29-2/h3-15,17H,16H2,1-2H3,(H,25,28)(H,26,27). The van der Waals surface area contributed by atoms with E-state index < -0.39 is 0 Å². The van der Waals surface area contributed by atoms with Gasteiger partial charge < -0.3 is 20.1 Å². The van der Waals surface area contributed by atoms with E-state index in [2.05, 4.69) is 10.6 Å². The van der Waals surface area contributed by atoms with Gasteiger partial charge in [-0.3, -0.25) is 9.59 Å². The first-order valence-corrected chi connectivity index (χ1v) is 9.58. The first-order valence-electron chi connectivity index (χ1n) is 9.58. The minimum Gasteiger partial charge on any atom is -0.497 e. The van der Waals surface area contributed by atoms with E-state index in [0.717, 1.165) is 5.56 Å². The molecule has 0 aromatic heterocycles. The number of benzene rings is 3. The second kappa shape index (κ2) is 10.1. The molecule has 1 unspecified atom stereocenters. The molecule has 30 heavy (non-hydrogen) atoms. The van der Waals surface area contributed by atoms with Crippen molar-refractivity contribution < 1.29 is 19.1 Å². The van der Waals surface area contributed by atoms with Crippen molar-refractivity contribution in [3.63, 3.8) is 0 Å². The third-order valence-electron chi connectivity index (χ3n) is 4.50. The predicted molar refractivity (Wildman–Crippen MR) is 116 cm³/mol. The van der Waals surface area contributed by atoms with E-state index in [0.29, 0.717) is 22.7 Å². The van der Waals surface area contributed by atoms with Crippen molar-refractivity contribution in [1.29, 1.82) is 0 Å². The molecule has 0 bridgehead atoms. The van der Waals surface area contributed by atoms with Crippen LogP contribution in [0.3, 0.4) is 0 Å². The van der Waals surface area contributed by atoms with Gasteiger partial charge in [0.15, 0.2) is 6.61 Å². The molecule has 0 aliphatic carbocycles. The largest absolute Gasteiger partial charge is 0.497 e. The number of ether oxygens (including phenoxy) is 2. The lowest BCUT2D eigenvalue weighted by molar-refractivity contribution is -0.118. The average molecular weight is 404 g/mol. The van der Waals surface area contributed by atoms with Gasteiger partial charge in [0.1, 0.15) is 11.5 Å². The molecular weight excluding hydrogens is 380 g/mol. The number of amides is 2. The van der Waals surface area contributed by atoms with Gasteiger partial charge in [-0.1, -0.05) is 48.5 Å². The molecule has 0 heterocycles. The molecule has 3 aromatic rings. The summed E-state index contributed by atoms with van der Waals surface area (Å²) in [6.07, 6.45) is 0. The Morgan fingerprint density at radius 3 is 2.37 bits per heavy atom. The van der Waals surface area contributed by atoms with E-state index in [9.17, 15) is 9.59 Å². The summed E-state index contributed by atoms with van der Waals surface area (Å²) in [5.74, 6) is 0.528. The highest BCUT2D eigenvalue weighted by Gasteiger charge is 2.16. The third-order valence-corrected chi connectivity index (χ3v) is 4.50. The van der Waals surface area contributed by atoms with Crippen LogP contribution in [0.2, 0.25) is 0 Å². The molecule has 0 saturated carbocycles. The number of hydrogen-bond acceptors (Lipinski definition) is 4. The minimum absolute atomic E-state index is 0.168. The highest BCUT2D eigenvalue weighted by atomic mass is 16.5. The van der Waals surface area contributed by atoms with Crippen LogP contribution in [-0.2, 0) is 4.79 Å². The Hall–Kier alpha value is -3.80. The summed E-state index contributed by atoms with van der Waals surface area (Å²) in [5.41, 5.74) is 1.81. The maximum atomic E-state index is 12.8. The van der Waals surface area contributed by atoms with Crippen molar-refractivity contribution >= 4 is 17.5 Å². The maximum Gasteiger partial charge on any atom is 0.262 e. The molecule has 2 N–H and O–H groups in total. The summed E-state index contributed by atoms with van der Waals surface area (Å²) in [7, 11) is 1.56. The normalized spacial score (nSPS) is 11.3. The lowest BCUT2D eigenvalue weighted by atomic mass is 10.1. The Kier molecular flexibility index (Phi) is 7.05. The smallest absolute Gasteiger partial charge is 0.262 e. The van der Waals surface area contributed by atoms with Gasteiger partial charge >= 0.3 is 0 Å². The van der Waals surface area contributed by atoms with E-state index in [1.54, 1.807) is 55.6 Å². The number of carbonyl (C=O) groups excluding carboxylic acids is 2. The predicted octanol–water partition coefficient (Wildman–Crippen LogP) is 4.20. The summed E-state index contributed by atoms with van der Waals surface area (Å²) >= 11 is 0. The number of para-hydroxylation sites is 1. The molecule has 154 valence electrons. The first kappa shape index (κ1) is 20.9. The number of methoxy groups -OCH3 is 1. The summed E-state index contributed by atoms with van der Waals surface area (Å²) in [4.78, 5) is 25.1. The van der Waals surface area contributed by atoms with Gasteiger partial charge in [-0.25, -0.2) is 0 Å². The van der Waals surface area contributed by atoms with Crippen molar-refractivity contribution in [1.82, 2.24) is 5.32 Å². The van der Waals surface area contributed by atoms with Gasteiger partial charge in [0.25, 0.3) is 11.8 Å². The van der Waals surface area contributed by atoms with Crippen molar-refractivity contribution in [2.45, 2.75) is 13.0 Å². The van der Waals surface area contributed by atoms with Crippen molar-refractivity contribution in [3.05, 3.63) is 90.0 Å². The molecule has 6 nitrogen and oxygen atoms in total. The molecule has 0 fully saturated rings. The van der Waals surface area contributed by atoms with Gasteiger partial charge in [-0.2, -0.15) is 0 Å². The first-order chi connectivity index (χ1) is 14.6. The Balaban J connectivity index is 1.62. The van der Waals surface area contributed by atoms with E-state index >= 15 is 0 Å². The van der Waals surface area contributed by atoms with Gasteiger partial charge in [-0.15, -0.1) is 0 Å². The van der Waals surface area contributed by atoms with Gasteiger partial charge in [0.2, 0.25) is 0 Å². The SMILES string of the molecule is COc1cccc(OCC(=O)Nc2ccccc2C(=O)NC(C)c2ccccc2)c1. The molecule has 3 rings (SSSR count).